The van der Waals surface area contributed by atoms with Gasteiger partial charge in [0.15, 0.2) is 0 Å². The number of amides is 1. The molecule has 0 saturated carbocycles. The number of hydrogen-bond donors (Lipinski definition) is 2. The first-order chi connectivity index (χ1) is 15.8. The lowest BCUT2D eigenvalue weighted by molar-refractivity contribution is 0.102. The van der Waals surface area contributed by atoms with Gasteiger partial charge in [-0.25, -0.2) is 8.42 Å². The van der Waals surface area contributed by atoms with Crippen LogP contribution in [0.4, 0.5) is 5.69 Å². The maximum Gasteiger partial charge on any atom is 0.257 e. The summed E-state index contributed by atoms with van der Waals surface area (Å²) in [6.45, 7) is 9.73. The first-order valence-corrected chi connectivity index (χ1v) is 12.8. The van der Waals surface area contributed by atoms with E-state index in [1.165, 1.54) is 0 Å². The molecule has 1 heterocycles. The molecular weight excluding hydrogens is 458 g/mol. The van der Waals surface area contributed by atoms with Gasteiger partial charge in [0.2, 0.25) is 0 Å². The third-order valence-electron chi connectivity index (χ3n) is 5.78. The highest BCUT2D eigenvalue weighted by Crippen LogP contribution is 2.33. The van der Waals surface area contributed by atoms with Crippen LogP contribution < -0.4 is 5.32 Å². The van der Waals surface area contributed by atoms with Crippen LogP contribution in [0.5, 0.6) is 0 Å². The second-order valence-electron chi connectivity index (χ2n) is 7.86. The van der Waals surface area contributed by atoms with Gasteiger partial charge < -0.3 is 14.8 Å². The number of rotatable bonds is 10. The molecule has 1 amide bonds. The number of nitrogens with one attached hydrogen (secondary N) is 1. The Bertz CT molecular complexity index is 1170. The zero-order chi connectivity index (χ0) is 24.0. The smallest absolute Gasteiger partial charge is 0.257 e. The zero-order valence-electron chi connectivity index (χ0n) is 19.2. The van der Waals surface area contributed by atoms with Crippen molar-refractivity contribution in [3.63, 3.8) is 0 Å². The van der Waals surface area contributed by atoms with E-state index >= 15 is 0 Å². The largest absolute Gasteiger partial charge is 0.345 e. The Hall–Kier alpha value is -2.61. The highest BCUT2D eigenvalue weighted by atomic mass is 35.5. The van der Waals surface area contributed by atoms with Gasteiger partial charge >= 0.3 is 0 Å². The highest BCUT2D eigenvalue weighted by molar-refractivity contribution is 7.71. The van der Waals surface area contributed by atoms with Crippen LogP contribution in [-0.4, -0.2) is 43.4 Å². The van der Waals surface area contributed by atoms with Gasteiger partial charge in [0.25, 0.3) is 5.91 Å². The maximum absolute atomic E-state index is 13.2. The van der Waals surface area contributed by atoms with Crippen LogP contribution in [0.2, 0.25) is 5.02 Å². The fourth-order valence-electron chi connectivity index (χ4n) is 3.91. The quantitative estimate of drug-likeness (QED) is 0.402. The molecule has 2 aromatic carbocycles. The summed E-state index contributed by atoms with van der Waals surface area (Å²) in [5.41, 5.74) is 4.57. The number of aromatic nitrogens is 1. The Morgan fingerprint density at radius 3 is 2.33 bits per heavy atom. The molecule has 8 heteroatoms. The average Bonchev–Trinajstić information content (AvgIpc) is 3.12. The molecule has 3 rings (SSSR count). The minimum absolute atomic E-state index is 0.0146. The molecule has 6 nitrogen and oxygen atoms in total. The van der Waals surface area contributed by atoms with Crippen LogP contribution in [0.1, 0.15) is 35.3 Å². The fraction of sp³-hybridized carbons (Fsp3) is 0.320. The average molecular weight is 488 g/mol. The van der Waals surface area contributed by atoms with Gasteiger partial charge in [0.05, 0.1) is 17.0 Å². The van der Waals surface area contributed by atoms with Crippen molar-refractivity contribution in [3.05, 3.63) is 76.4 Å². The van der Waals surface area contributed by atoms with Crippen LogP contribution in [0.15, 0.2) is 54.7 Å². The van der Waals surface area contributed by atoms with Gasteiger partial charge in [0, 0.05) is 35.6 Å². The van der Waals surface area contributed by atoms with Crippen molar-refractivity contribution in [1.82, 2.24) is 9.47 Å². The molecule has 1 aromatic heterocycles. The Morgan fingerprint density at radius 1 is 1.06 bits per heavy atom. The van der Waals surface area contributed by atoms with Crippen molar-refractivity contribution in [2.45, 2.75) is 33.1 Å². The number of carbonyl (C=O) groups is 1. The molecular formula is C25H30ClN3O3S. The SMILES string of the molecule is CCN(CC)CCn1cc(C(=O)Nc2ccc(C[SH](=O)=O)cc2)c(C)c1-c1ccccc1Cl. The van der Waals surface area contributed by atoms with Crippen LogP contribution in [0, 0.1) is 6.92 Å². The van der Waals surface area contributed by atoms with E-state index in [1.54, 1.807) is 24.3 Å². The van der Waals surface area contributed by atoms with E-state index in [-0.39, 0.29) is 11.7 Å². The van der Waals surface area contributed by atoms with Crippen molar-refractivity contribution >= 4 is 33.9 Å². The van der Waals surface area contributed by atoms with Gasteiger partial charge in [-0.3, -0.25) is 4.79 Å². The third-order valence-corrected chi connectivity index (χ3v) is 6.73. The maximum atomic E-state index is 13.2. The van der Waals surface area contributed by atoms with Crippen molar-refractivity contribution in [2.24, 2.45) is 0 Å². The second-order valence-corrected chi connectivity index (χ2v) is 9.25. The first-order valence-electron chi connectivity index (χ1n) is 11.0. The molecule has 0 unspecified atom stereocenters. The minimum Gasteiger partial charge on any atom is -0.345 e. The molecule has 0 aliphatic heterocycles. The van der Waals surface area contributed by atoms with Gasteiger partial charge in [-0.2, -0.15) is 0 Å². The van der Waals surface area contributed by atoms with Crippen molar-refractivity contribution in [3.8, 4) is 11.3 Å². The topological polar surface area (TPSA) is 71.4 Å². The normalized spacial score (nSPS) is 11.3. The number of anilines is 1. The van der Waals surface area contributed by atoms with E-state index < -0.39 is 10.7 Å². The number of halogens is 1. The van der Waals surface area contributed by atoms with Crippen LogP contribution in [0.25, 0.3) is 11.3 Å². The summed E-state index contributed by atoms with van der Waals surface area (Å²) < 4.78 is 23.9. The summed E-state index contributed by atoms with van der Waals surface area (Å²) in [6.07, 6.45) is 1.89. The van der Waals surface area contributed by atoms with E-state index in [0.717, 1.165) is 43.0 Å². The van der Waals surface area contributed by atoms with Gasteiger partial charge in [0.1, 0.15) is 10.7 Å². The Balaban J connectivity index is 1.92. The number of benzene rings is 2. The van der Waals surface area contributed by atoms with E-state index in [9.17, 15) is 13.2 Å². The van der Waals surface area contributed by atoms with Crippen LogP contribution in [0.3, 0.4) is 0 Å². The molecule has 0 aliphatic rings. The molecule has 0 bridgehead atoms. The molecule has 0 atom stereocenters. The first kappa shape index (κ1) is 25.0. The van der Waals surface area contributed by atoms with Gasteiger partial charge in [-0.05, 0) is 49.3 Å². The van der Waals surface area contributed by atoms with Crippen molar-refractivity contribution < 1.29 is 13.2 Å². The number of nitrogens with zero attached hydrogens (tertiary/aromatic N) is 2. The molecule has 176 valence electrons. The number of thiol groups is 1. The summed E-state index contributed by atoms with van der Waals surface area (Å²) in [4.78, 5) is 15.5. The lowest BCUT2D eigenvalue weighted by atomic mass is 10.1. The predicted octanol–water partition coefficient (Wildman–Crippen LogP) is 4.82. The van der Waals surface area contributed by atoms with Crippen LogP contribution >= 0.6 is 11.6 Å². The standard InChI is InChI=1S/C25H30ClN3O3S/c1-4-28(5-2)14-15-29-16-22(18(3)24(29)21-8-6-7-9-23(21)26)25(30)27-20-12-10-19(11-13-20)17-33(31)32/h6-13,16,33H,4-5,14-15,17H2,1-3H3,(H,27,30). The molecule has 0 spiro atoms. The highest BCUT2D eigenvalue weighted by Gasteiger charge is 2.21. The van der Waals surface area contributed by atoms with Gasteiger partial charge in [-0.15, -0.1) is 0 Å². The van der Waals surface area contributed by atoms with E-state index in [4.69, 9.17) is 11.6 Å². The summed E-state index contributed by atoms with van der Waals surface area (Å²) in [5.74, 6) is -0.232. The molecule has 33 heavy (non-hydrogen) atoms. The van der Waals surface area contributed by atoms with E-state index in [1.807, 2.05) is 37.4 Å². The second kappa shape index (κ2) is 11.5. The number of hydrogen-bond acceptors (Lipinski definition) is 4. The molecule has 1 N–H and O–H groups in total. The molecule has 0 fully saturated rings. The third kappa shape index (κ3) is 6.25. The van der Waals surface area contributed by atoms with Crippen LogP contribution in [-0.2, 0) is 23.0 Å². The number of carbonyl (C=O) groups excluding carboxylic acids is 1. The lowest BCUT2D eigenvalue weighted by Crippen LogP contribution is -2.27. The van der Waals surface area contributed by atoms with Crippen molar-refractivity contribution in [2.75, 3.05) is 25.0 Å². The Labute approximate surface area is 202 Å². The molecule has 0 radical (unpaired) electrons. The van der Waals surface area contributed by atoms with E-state index in [0.29, 0.717) is 21.8 Å². The monoisotopic (exact) mass is 487 g/mol. The summed E-state index contributed by atoms with van der Waals surface area (Å²) in [6, 6.07) is 14.5. The van der Waals surface area contributed by atoms with Crippen molar-refractivity contribution in [1.29, 1.82) is 0 Å². The van der Waals surface area contributed by atoms with Gasteiger partial charge in [-0.1, -0.05) is 55.8 Å². The lowest BCUT2D eigenvalue weighted by Gasteiger charge is -2.19. The predicted molar refractivity (Wildman–Crippen MR) is 136 cm³/mol. The minimum atomic E-state index is -2.49. The molecule has 3 aromatic rings. The Kier molecular flexibility index (Phi) is 8.72. The molecule has 0 saturated heterocycles. The fourth-order valence-corrected chi connectivity index (χ4v) is 4.64. The summed E-state index contributed by atoms with van der Waals surface area (Å²) in [7, 11) is -2.49. The zero-order valence-corrected chi connectivity index (χ0v) is 20.8. The Morgan fingerprint density at radius 2 is 1.73 bits per heavy atom. The van der Waals surface area contributed by atoms with E-state index in [2.05, 4.69) is 28.6 Å². The number of likely N-dealkylation sites (N-methyl/N-ethyl adjacent to an activating group) is 1. The molecule has 0 aliphatic carbocycles. The summed E-state index contributed by atoms with van der Waals surface area (Å²) in [5, 5.41) is 3.57. The summed E-state index contributed by atoms with van der Waals surface area (Å²) >= 11 is 6.52.